The molecule has 1 aliphatic heterocycles. The lowest BCUT2D eigenvalue weighted by atomic mass is 9.95. The Labute approximate surface area is 140 Å². The van der Waals surface area contributed by atoms with Crippen molar-refractivity contribution < 1.29 is 14.0 Å². The molecule has 3 heterocycles. The number of nitrogens with zero attached hydrogens (tertiary/aromatic N) is 1. The van der Waals surface area contributed by atoms with Crippen molar-refractivity contribution in [1.82, 2.24) is 10.2 Å². The molecule has 3 aromatic rings. The van der Waals surface area contributed by atoms with E-state index < -0.39 is 17.2 Å². The minimum Gasteiger partial charge on any atom is -0.465 e. The number of hydrogen-bond donors (Lipinski definition) is 2. The maximum Gasteiger partial charge on any atom is 0.271 e. The third-order valence-electron chi connectivity index (χ3n) is 4.15. The van der Waals surface area contributed by atoms with E-state index in [1.165, 1.54) is 17.2 Å². The zero-order valence-corrected chi connectivity index (χ0v) is 13.2. The van der Waals surface area contributed by atoms with Crippen LogP contribution in [0.1, 0.15) is 16.1 Å². The summed E-state index contributed by atoms with van der Waals surface area (Å²) in [7, 11) is 1.59. The third kappa shape index (κ3) is 2.25. The number of carbonyl (C=O) groups excluding carboxylic acids is 2. The summed E-state index contributed by atoms with van der Waals surface area (Å²) in [5.41, 5.74) is 0.416. The first-order valence-electron chi connectivity index (χ1n) is 7.56. The number of benzene rings is 1. The van der Waals surface area contributed by atoms with Gasteiger partial charge in [-0.15, -0.1) is 0 Å². The fourth-order valence-electron chi connectivity index (χ4n) is 2.91. The Kier molecular flexibility index (Phi) is 3.28. The molecule has 0 aliphatic carbocycles. The summed E-state index contributed by atoms with van der Waals surface area (Å²) in [6.07, 6.45) is 2.96. The van der Waals surface area contributed by atoms with Crippen LogP contribution in [0.5, 0.6) is 0 Å². The number of aromatic amines is 2. The molecule has 7 heteroatoms. The van der Waals surface area contributed by atoms with E-state index in [1.54, 1.807) is 43.4 Å². The number of anilines is 1. The maximum absolute atomic E-state index is 12.9. The lowest BCUT2D eigenvalue weighted by molar-refractivity contribution is -0.113. The largest absolute Gasteiger partial charge is 0.465 e. The summed E-state index contributed by atoms with van der Waals surface area (Å²) in [6, 6.07) is 10.2. The van der Waals surface area contributed by atoms with Crippen LogP contribution >= 0.6 is 0 Å². The molecule has 0 atom stereocenters. The maximum atomic E-state index is 12.9. The van der Waals surface area contributed by atoms with Crippen LogP contribution in [-0.2, 0) is 4.79 Å². The van der Waals surface area contributed by atoms with Crippen LogP contribution in [0.2, 0.25) is 0 Å². The van der Waals surface area contributed by atoms with Crippen molar-refractivity contribution in [1.29, 1.82) is 0 Å². The van der Waals surface area contributed by atoms with Gasteiger partial charge in [0.1, 0.15) is 11.3 Å². The minimum atomic E-state index is -0.479. The van der Waals surface area contributed by atoms with Crippen molar-refractivity contribution in [2.75, 3.05) is 11.9 Å². The van der Waals surface area contributed by atoms with Crippen molar-refractivity contribution in [2.24, 2.45) is 0 Å². The molecule has 124 valence electrons. The second kappa shape index (κ2) is 5.48. The van der Waals surface area contributed by atoms with Gasteiger partial charge in [0.2, 0.25) is 5.78 Å². The lowest BCUT2D eigenvalue weighted by Crippen LogP contribution is -2.44. The van der Waals surface area contributed by atoms with Gasteiger partial charge >= 0.3 is 0 Å². The van der Waals surface area contributed by atoms with Gasteiger partial charge in [-0.05, 0) is 30.3 Å². The van der Waals surface area contributed by atoms with E-state index in [0.29, 0.717) is 17.0 Å². The number of H-pyrrole nitrogens is 2. The quantitative estimate of drug-likeness (QED) is 0.660. The highest BCUT2D eigenvalue weighted by Gasteiger charge is 2.33. The van der Waals surface area contributed by atoms with Crippen molar-refractivity contribution >= 4 is 29.0 Å². The smallest absolute Gasteiger partial charge is 0.271 e. The number of para-hydroxylation sites is 1. The molecule has 2 aromatic heterocycles. The van der Waals surface area contributed by atoms with Gasteiger partial charge in [-0.2, -0.15) is 0 Å². The summed E-state index contributed by atoms with van der Waals surface area (Å²) < 4.78 is 5.22. The first-order valence-corrected chi connectivity index (χ1v) is 7.56. The number of rotatable bonds is 1. The average Bonchev–Trinajstić information content (AvgIpc) is 3.25. The Bertz CT molecular complexity index is 1170. The molecular weight excluding hydrogens is 322 g/mol. The number of furan rings is 1. The molecule has 4 rings (SSSR count). The second-order valence-electron chi connectivity index (χ2n) is 5.61. The molecule has 0 fully saturated rings. The molecule has 0 bridgehead atoms. The molecule has 0 saturated heterocycles. The van der Waals surface area contributed by atoms with Gasteiger partial charge in [0.15, 0.2) is 0 Å². The second-order valence-corrected chi connectivity index (χ2v) is 5.61. The summed E-state index contributed by atoms with van der Waals surface area (Å²) in [6.45, 7) is 0. The predicted molar refractivity (Wildman–Crippen MR) is 90.5 cm³/mol. The van der Waals surface area contributed by atoms with Crippen LogP contribution in [0.3, 0.4) is 0 Å². The molecule has 25 heavy (non-hydrogen) atoms. The topological polar surface area (TPSA) is 99.2 Å². The number of Topliss-reactive ketones (excluding diaryl/α,β-unsaturated/α-hetero) is 1. The van der Waals surface area contributed by atoms with Crippen molar-refractivity contribution in [2.45, 2.75) is 0 Å². The molecule has 1 aromatic carbocycles. The number of hydrogen-bond acceptors (Lipinski definition) is 4. The van der Waals surface area contributed by atoms with E-state index in [2.05, 4.69) is 10.2 Å². The highest BCUT2D eigenvalue weighted by Crippen LogP contribution is 2.28. The van der Waals surface area contributed by atoms with Crippen LogP contribution < -0.4 is 21.0 Å². The number of aromatic nitrogens is 2. The monoisotopic (exact) mass is 335 g/mol. The van der Waals surface area contributed by atoms with E-state index in [9.17, 15) is 14.4 Å². The number of nitrogens with one attached hydrogen (secondary N) is 2. The Morgan fingerprint density at radius 1 is 1.04 bits per heavy atom. The van der Waals surface area contributed by atoms with E-state index in [4.69, 9.17) is 4.42 Å². The van der Waals surface area contributed by atoms with E-state index in [0.717, 1.165) is 0 Å². The minimum absolute atomic E-state index is 0.0858. The van der Waals surface area contributed by atoms with Crippen LogP contribution in [0.25, 0.3) is 11.6 Å². The molecule has 7 nitrogen and oxygen atoms in total. The number of carbonyl (C=O) groups is 2. The Morgan fingerprint density at radius 2 is 1.84 bits per heavy atom. The third-order valence-corrected chi connectivity index (χ3v) is 4.15. The van der Waals surface area contributed by atoms with Gasteiger partial charge in [0, 0.05) is 12.6 Å². The van der Waals surface area contributed by atoms with Crippen LogP contribution in [0.4, 0.5) is 5.69 Å². The molecule has 0 spiro atoms. The van der Waals surface area contributed by atoms with E-state index in [-0.39, 0.29) is 16.1 Å². The molecule has 1 amide bonds. The summed E-state index contributed by atoms with van der Waals surface area (Å²) in [4.78, 5) is 39.2. The predicted octanol–water partition coefficient (Wildman–Crippen LogP) is 0.135. The normalized spacial score (nSPS) is 17.2. The van der Waals surface area contributed by atoms with E-state index >= 15 is 0 Å². The molecule has 1 aliphatic rings. The fraction of sp³-hybridized carbons (Fsp3) is 0.0556. The number of fused-ring (bicyclic) bond motifs is 1. The first-order chi connectivity index (χ1) is 12.1. The Morgan fingerprint density at radius 3 is 2.60 bits per heavy atom. The molecular formula is C18H13N3O4. The van der Waals surface area contributed by atoms with Gasteiger partial charge in [-0.1, -0.05) is 12.1 Å². The summed E-state index contributed by atoms with van der Waals surface area (Å²) >= 11 is 0. The average molecular weight is 335 g/mol. The van der Waals surface area contributed by atoms with Crippen LogP contribution in [0.15, 0.2) is 51.9 Å². The van der Waals surface area contributed by atoms with Gasteiger partial charge < -0.3 is 9.32 Å². The Hall–Kier alpha value is -3.61. The van der Waals surface area contributed by atoms with Crippen molar-refractivity contribution in [3.05, 3.63) is 74.9 Å². The standard InChI is InChI=1S/C18H13N3O4/c1-21-13-7-3-2-6-11(13)16(22)14(18(21)24)15-12(17(23)20-19-15)9-10-5-4-8-25-10/h2-9,19H,1H3,(H,20,23)/b12-9-,15-14?. The molecule has 0 radical (unpaired) electrons. The zero-order chi connectivity index (χ0) is 17.6. The highest BCUT2D eigenvalue weighted by atomic mass is 16.3. The summed E-state index contributed by atoms with van der Waals surface area (Å²) in [5, 5.41) is 5.40. The van der Waals surface area contributed by atoms with Gasteiger partial charge in [0.05, 0.1) is 22.5 Å². The van der Waals surface area contributed by atoms with Gasteiger partial charge in [-0.3, -0.25) is 24.6 Å². The fourth-order valence-corrected chi connectivity index (χ4v) is 2.91. The molecule has 2 N–H and O–H groups in total. The van der Waals surface area contributed by atoms with Gasteiger partial charge in [0.25, 0.3) is 11.5 Å². The number of ketones is 1. The Balaban J connectivity index is 2.07. The van der Waals surface area contributed by atoms with Gasteiger partial charge in [-0.25, -0.2) is 0 Å². The number of amides is 1. The lowest BCUT2D eigenvalue weighted by Gasteiger charge is -2.25. The van der Waals surface area contributed by atoms with Crippen LogP contribution in [-0.4, -0.2) is 28.9 Å². The van der Waals surface area contributed by atoms with E-state index in [1.807, 2.05) is 0 Å². The zero-order valence-electron chi connectivity index (χ0n) is 13.2. The molecule has 0 unspecified atom stereocenters. The summed E-state index contributed by atoms with van der Waals surface area (Å²) in [5.74, 6) is -0.465. The van der Waals surface area contributed by atoms with Crippen molar-refractivity contribution in [3.63, 3.8) is 0 Å². The first kappa shape index (κ1) is 14.9. The van der Waals surface area contributed by atoms with Crippen LogP contribution in [0, 0.1) is 0 Å². The molecule has 0 saturated carbocycles. The SMILES string of the molecule is CN1C(=O)C(=c2[nH][nH]c(=O)/c2=C\c2ccco2)C(=O)c2ccccc21. The van der Waals surface area contributed by atoms with Crippen molar-refractivity contribution in [3.8, 4) is 0 Å². The highest BCUT2D eigenvalue weighted by molar-refractivity contribution is 6.51.